The third-order valence-electron chi connectivity index (χ3n) is 1.27. The number of nitrogens with two attached hydrogens (primary N) is 1. The first-order valence-electron chi connectivity index (χ1n) is 3.79. The maximum Gasteiger partial charge on any atom is 0.0308 e. The second-order valence-electron chi connectivity index (χ2n) is 2.07. The van der Waals surface area contributed by atoms with Crippen molar-refractivity contribution >= 4 is 0 Å². The fraction of sp³-hybridized carbons (Fsp3) is 0.500. The number of nitrogens with one attached hydrogen (secondary N) is 2. The maximum absolute atomic E-state index is 5.28. The van der Waals surface area contributed by atoms with E-state index in [0.717, 1.165) is 12.2 Å². The highest BCUT2D eigenvalue weighted by atomic mass is 14.9. The highest BCUT2D eigenvalue weighted by molar-refractivity contribution is 5.14. The van der Waals surface area contributed by atoms with Gasteiger partial charge in [-0.05, 0) is 19.2 Å². The summed E-state index contributed by atoms with van der Waals surface area (Å²) >= 11 is 0. The summed E-state index contributed by atoms with van der Waals surface area (Å²) in [6, 6.07) is 0. The minimum absolute atomic E-state index is 0.662. The van der Waals surface area contributed by atoms with E-state index in [0.29, 0.717) is 6.54 Å². The molecule has 0 spiro atoms. The molecule has 0 aliphatic heterocycles. The number of allylic oxidation sites excluding steroid dienone is 2. The smallest absolute Gasteiger partial charge is 0.0308 e. The molecule has 3 heteroatoms. The summed E-state index contributed by atoms with van der Waals surface area (Å²) in [5.74, 6) is 0. The third-order valence-corrected chi connectivity index (χ3v) is 1.27. The molecule has 0 unspecified atom stereocenters. The van der Waals surface area contributed by atoms with Crippen LogP contribution in [0, 0.1) is 0 Å². The molecule has 0 fully saturated rings. The van der Waals surface area contributed by atoms with Crippen molar-refractivity contribution in [3.8, 4) is 0 Å². The number of hydrogen-bond acceptors (Lipinski definition) is 3. The van der Waals surface area contributed by atoms with Crippen molar-refractivity contribution in [2.45, 2.75) is 6.92 Å². The molecule has 0 aliphatic carbocycles. The topological polar surface area (TPSA) is 50.1 Å². The second kappa shape index (κ2) is 7.15. The molecule has 0 aromatic rings. The lowest BCUT2D eigenvalue weighted by Gasteiger charge is -1.99. The average molecular weight is 155 g/mol. The fourth-order valence-electron chi connectivity index (χ4n) is 0.639. The molecule has 0 saturated heterocycles. The Hall–Kier alpha value is -0.960. The predicted molar refractivity (Wildman–Crippen MR) is 49.0 cm³/mol. The molecule has 4 N–H and O–H groups in total. The molecule has 0 heterocycles. The Morgan fingerprint density at radius 3 is 2.73 bits per heavy atom. The van der Waals surface area contributed by atoms with Crippen LogP contribution in [0.4, 0.5) is 0 Å². The number of rotatable bonds is 5. The molecule has 0 rings (SSSR count). The van der Waals surface area contributed by atoms with Crippen molar-refractivity contribution in [3.05, 3.63) is 24.0 Å². The fourth-order valence-corrected chi connectivity index (χ4v) is 0.639. The standard InChI is InChI=1S/C8H17N3/c1-3-8(10-2)4-6-11-7-5-9/h3-4,6,10-11H,5,7,9H2,1-2H3/b6-4-,8-3+. The van der Waals surface area contributed by atoms with E-state index in [1.807, 2.05) is 32.3 Å². The minimum Gasteiger partial charge on any atom is -0.390 e. The summed E-state index contributed by atoms with van der Waals surface area (Å²) in [7, 11) is 1.89. The van der Waals surface area contributed by atoms with Crippen LogP contribution in [0.2, 0.25) is 0 Å². The summed E-state index contributed by atoms with van der Waals surface area (Å²) < 4.78 is 0. The molecular formula is C8H17N3. The van der Waals surface area contributed by atoms with Crippen LogP contribution < -0.4 is 16.4 Å². The monoisotopic (exact) mass is 155 g/mol. The van der Waals surface area contributed by atoms with Crippen molar-refractivity contribution < 1.29 is 0 Å². The van der Waals surface area contributed by atoms with Crippen LogP contribution in [0.1, 0.15) is 6.92 Å². The van der Waals surface area contributed by atoms with Gasteiger partial charge in [0.15, 0.2) is 0 Å². The van der Waals surface area contributed by atoms with Crippen LogP contribution in [0.3, 0.4) is 0 Å². The Bertz CT molecular complexity index is 138. The van der Waals surface area contributed by atoms with E-state index in [4.69, 9.17) is 5.73 Å². The number of hydrogen-bond donors (Lipinski definition) is 3. The van der Waals surface area contributed by atoms with E-state index >= 15 is 0 Å². The van der Waals surface area contributed by atoms with Crippen molar-refractivity contribution in [2.75, 3.05) is 20.1 Å². The molecule has 3 nitrogen and oxygen atoms in total. The van der Waals surface area contributed by atoms with Crippen LogP contribution in [-0.2, 0) is 0 Å². The van der Waals surface area contributed by atoms with Crippen LogP contribution in [0.15, 0.2) is 24.0 Å². The predicted octanol–water partition coefficient (Wildman–Crippen LogP) is 0.172. The largest absolute Gasteiger partial charge is 0.390 e. The van der Waals surface area contributed by atoms with Crippen molar-refractivity contribution in [1.29, 1.82) is 0 Å². The molecular weight excluding hydrogens is 138 g/mol. The molecule has 0 bridgehead atoms. The van der Waals surface area contributed by atoms with Crippen molar-refractivity contribution in [3.63, 3.8) is 0 Å². The molecule has 0 radical (unpaired) electrons. The quantitative estimate of drug-likeness (QED) is 0.392. The van der Waals surface area contributed by atoms with Crippen LogP contribution >= 0.6 is 0 Å². The summed E-state index contributed by atoms with van der Waals surface area (Å²) in [5, 5.41) is 6.08. The lowest BCUT2D eigenvalue weighted by molar-refractivity contribution is 0.839. The zero-order chi connectivity index (χ0) is 8.53. The van der Waals surface area contributed by atoms with Gasteiger partial charge in [-0.15, -0.1) is 0 Å². The summed E-state index contributed by atoms with van der Waals surface area (Å²) in [6.07, 6.45) is 5.86. The van der Waals surface area contributed by atoms with Gasteiger partial charge in [-0.25, -0.2) is 0 Å². The molecule has 64 valence electrons. The molecule has 0 aliphatic rings. The second-order valence-corrected chi connectivity index (χ2v) is 2.07. The molecule has 0 atom stereocenters. The third kappa shape index (κ3) is 5.48. The summed E-state index contributed by atoms with van der Waals surface area (Å²) in [4.78, 5) is 0. The summed E-state index contributed by atoms with van der Waals surface area (Å²) in [5.41, 5.74) is 6.38. The van der Waals surface area contributed by atoms with E-state index in [9.17, 15) is 0 Å². The van der Waals surface area contributed by atoms with Gasteiger partial charge in [-0.2, -0.15) is 0 Å². The summed E-state index contributed by atoms with van der Waals surface area (Å²) in [6.45, 7) is 3.46. The Kier molecular flexibility index (Phi) is 6.53. The Morgan fingerprint density at radius 1 is 1.55 bits per heavy atom. The van der Waals surface area contributed by atoms with Gasteiger partial charge in [0.1, 0.15) is 0 Å². The van der Waals surface area contributed by atoms with Gasteiger partial charge in [-0.3, -0.25) is 0 Å². The van der Waals surface area contributed by atoms with E-state index in [1.165, 1.54) is 0 Å². The van der Waals surface area contributed by atoms with Crippen LogP contribution in [0.5, 0.6) is 0 Å². The highest BCUT2D eigenvalue weighted by Gasteiger charge is 1.80. The zero-order valence-corrected chi connectivity index (χ0v) is 7.22. The molecule has 11 heavy (non-hydrogen) atoms. The maximum atomic E-state index is 5.28. The zero-order valence-electron chi connectivity index (χ0n) is 7.22. The van der Waals surface area contributed by atoms with Gasteiger partial charge < -0.3 is 16.4 Å². The van der Waals surface area contributed by atoms with Gasteiger partial charge in [0.25, 0.3) is 0 Å². The first-order chi connectivity index (χ1) is 5.35. The Balaban J connectivity index is 3.54. The van der Waals surface area contributed by atoms with Crippen molar-refractivity contribution in [2.24, 2.45) is 5.73 Å². The SMILES string of the molecule is C/C=C(\C=C/NCCN)NC. The van der Waals surface area contributed by atoms with E-state index in [1.54, 1.807) is 0 Å². The normalized spacial score (nSPS) is 12.1. The molecule has 0 amide bonds. The molecule has 0 aromatic carbocycles. The van der Waals surface area contributed by atoms with E-state index < -0.39 is 0 Å². The Morgan fingerprint density at radius 2 is 2.27 bits per heavy atom. The first-order valence-corrected chi connectivity index (χ1v) is 3.79. The van der Waals surface area contributed by atoms with Gasteiger partial charge in [-0.1, -0.05) is 6.08 Å². The van der Waals surface area contributed by atoms with E-state index in [-0.39, 0.29) is 0 Å². The van der Waals surface area contributed by atoms with Gasteiger partial charge in [0.05, 0.1) is 0 Å². The van der Waals surface area contributed by atoms with E-state index in [2.05, 4.69) is 10.6 Å². The van der Waals surface area contributed by atoms with Gasteiger partial charge >= 0.3 is 0 Å². The lowest BCUT2D eigenvalue weighted by atomic mass is 10.4. The first kappa shape index (κ1) is 10.0. The molecule has 0 aromatic heterocycles. The van der Waals surface area contributed by atoms with Crippen LogP contribution in [0.25, 0.3) is 0 Å². The average Bonchev–Trinajstić information content (AvgIpc) is 2.05. The Labute approximate surface area is 68.4 Å². The van der Waals surface area contributed by atoms with Crippen molar-refractivity contribution in [1.82, 2.24) is 10.6 Å². The van der Waals surface area contributed by atoms with Gasteiger partial charge in [0.2, 0.25) is 0 Å². The minimum atomic E-state index is 0.662. The number of likely N-dealkylation sites (N-methyl/N-ethyl adjacent to an activating group) is 1. The molecule has 0 saturated carbocycles. The van der Waals surface area contributed by atoms with Crippen LogP contribution in [-0.4, -0.2) is 20.1 Å². The lowest BCUT2D eigenvalue weighted by Crippen LogP contribution is -2.17. The highest BCUT2D eigenvalue weighted by Crippen LogP contribution is 1.86. The van der Waals surface area contributed by atoms with Gasteiger partial charge in [0, 0.05) is 25.8 Å².